The first-order valence-corrected chi connectivity index (χ1v) is 9.31. The maximum atomic E-state index is 12.3. The lowest BCUT2D eigenvalue weighted by molar-refractivity contribution is -0.113. The van der Waals surface area contributed by atoms with Crippen LogP contribution in [0.4, 0.5) is 5.82 Å². The lowest BCUT2D eigenvalue weighted by Gasteiger charge is -2.16. The molecule has 0 bridgehead atoms. The summed E-state index contributed by atoms with van der Waals surface area (Å²) in [5.74, 6) is 1.23. The van der Waals surface area contributed by atoms with Gasteiger partial charge in [-0.2, -0.15) is 5.10 Å². The van der Waals surface area contributed by atoms with Crippen LogP contribution in [-0.2, 0) is 4.79 Å². The zero-order valence-electron chi connectivity index (χ0n) is 14.2. The molecule has 0 fully saturated rings. The van der Waals surface area contributed by atoms with Crippen molar-refractivity contribution >= 4 is 23.5 Å². The molecular weight excluding hydrogens is 330 g/mol. The fourth-order valence-electron chi connectivity index (χ4n) is 3.24. The molecule has 5 heteroatoms. The van der Waals surface area contributed by atoms with E-state index in [2.05, 4.69) is 36.5 Å². The Bertz CT molecular complexity index is 933. The van der Waals surface area contributed by atoms with Crippen LogP contribution in [0.15, 0.2) is 54.6 Å². The summed E-state index contributed by atoms with van der Waals surface area (Å²) in [6.45, 7) is 4.11. The van der Waals surface area contributed by atoms with E-state index >= 15 is 0 Å². The van der Waals surface area contributed by atoms with Crippen LogP contribution in [0.3, 0.4) is 0 Å². The second-order valence-corrected chi connectivity index (χ2v) is 7.34. The molecule has 4 rings (SSSR count). The molecule has 1 amide bonds. The lowest BCUT2D eigenvalue weighted by Crippen LogP contribution is -2.15. The number of carbonyl (C=O) groups excluding carboxylic acids is 1. The molecule has 0 saturated heterocycles. The SMILES string of the molecule is Cc1cccc(C2SCC(=O)Nc3c2c(C)nn3-c2ccccc2)c1. The van der Waals surface area contributed by atoms with E-state index in [1.807, 2.05) is 41.9 Å². The minimum absolute atomic E-state index is 0.0125. The number of anilines is 1. The van der Waals surface area contributed by atoms with Gasteiger partial charge in [-0.05, 0) is 31.5 Å². The highest BCUT2D eigenvalue weighted by Crippen LogP contribution is 2.43. The Hall–Kier alpha value is -2.53. The van der Waals surface area contributed by atoms with Crippen LogP contribution in [0.5, 0.6) is 0 Å². The van der Waals surface area contributed by atoms with Gasteiger partial charge in [0.1, 0.15) is 5.82 Å². The smallest absolute Gasteiger partial charge is 0.235 e. The van der Waals surface area contributed by atoms with Crippen molar-refractivity contribution in [2.45, 2.75) is 19.1 Å². The Balaban J connectivity index is 1.90. The first-order chi connectivity index (χ1) is 12.1. The van der Waals surface area contributed by atoms with Crippen molar-refractivity contribution < 1.29 is 4.79 Å². The third kappa shape index (κ3) is 2.96. The standard InChI is InChI=1S/C20H19N3OS/c1-13-7-6-8-15(11-13)19-18-14(2)22-23(16-9-4-3-5-10-16)20(18)21-17(24)12-25-19/h3-11,19H,12H2,1-2H3,(H,21,24). The van der Waals surface area contributed by atoms with Crippen molar-refractivity contribution in [1.82, 2.24) is 9.78 Å². The molecular formula is C20H19N3OS. The summed E-state index contributed by atoms with van der Waals surface area (Å²) in [5.41, 5.74) is 5.40. The predicted molar refractivity (Wildman–Crippen MR) is 102 cm³/mol. The van der Waals surface area contributed by atoms with Crippen LogP contribution < -0.4 is 5.32 Å². The van der Waals surface area contributed by atoms with Crippen LogP contribution >= 0.6 is 11.8 Å². The fourth-order valence-corrected chi connectivity index (χ4v) is 4.41. The normalized spacial score (nSPS) is 16.9. The molecule has 0 aliphatic carbocycles. The Labute approximate surface area is 151 Å². The van der Waals surface area contributed by atoms with Crippen LogP contribution in [-0.4, -0.2) is 21.4 Å². The van der Waals surface area contributed by atoms with Gasteiger partial charge in [0.25, 0.3) is 0 Å². The molecule has 4 nitrogen and oxygen atoms in total. The molecule has 1 unspecified atom stereocenters. The summed E-state index contributed by atoms with van der Waals surface area (Å²) in [7, 11) is 0. The van der Waals surface area contributed by atoms with Crippen LogP contribution in [0.1, 0.15) is 27.6 Å². The van der Waals surface area contributed by atoms with Crippen molar-refractivity contribution in [3.05, 3.63) is 77.0 Å². The van der Waals surface area contributed by atoms with E-state index in [9.17, 15) is 4.79 Å². The zero-order chi connectivity index (χ0) is 17.4. The Morgan fingerprint density at radius 1 is 1.12 bits per heavy atom. The highest BCUT2D eigenvalue weighted by molar-refractivity contribution is 8.00. The van der Waals surface area contributed by atoms with Gasteiger partial charge in [0.2, 0.25) is 5.91 Å². The van der Waals surface area contributed by atoms with Gasteiger partial charge in [-0.1, -0.05) is 48.0 Å². The van der Waals surface area contributed by atoms with E-state index in [1.165, 1.54) is 11.1 Å². The predicted octanol–water partition coefficient (Wildman–Crippen LogP) is 4.26. The number of nitrogens with zero attached hydrogens (tertiary/aromatic N) is 2. The quantitative estimate of drug-likeness (QED) is 0.752. The number of nitrogens with one attached hydrogen (secondary N) is 1. The zero-order valence-corrected chi connectivity index (χ0v) is 15.0. The van der Waals surface area contributed by atoms with Gasteiger partial charge < -0.3 is 5.32 Å². The molecule has 126 valence electrons. The van der Waals surface area contributed by atoms with Crippen molar-refractivity contribution in [3.63, 3.8) is 0 Å². The van der Waals surface area contributed by atoms with Crippen molar-refractivity contribution in [2.24, 2.45) is 0 Å². The van der Waals surface area contributed by atoms with Crippen LogP contribution in [0.25, 0.3) is 5.69 Å². The van der Waals surface area contributed by atoms with Crippen LogP contribution in [0, 0.1) is 13.8 Å². The molecule has 1 aliphatic heterocycles. The molecule has 2 aromatic carbocycles. The van der Waals surface area contributed by atoms with Gasteiger partial charge in [-0.25, -0.2) is 4.68 Å². The van der Waals surface area contributed by atoms with E-state index in [-0.39, 0.29) is 11.2 Å². The number of amides is 1. The van der Waals surface area contributed by atoms with Gasteiger partial charge in [0, 0.05) is 5.56 Å². The minimum Gasteiger partial charge on any atom is -0.310 e. The second kappa shape index (κ2) is 6.41. The van der Waals surface area contributed by atoms with Crippen LogP contribution in [0.2, 0.25) is 0 Å². The molecule has 0 spiro atoms. The fraction of sp³-hybridized carbons (Fsp3) is 0.200. The second-order valence-electron chi connectivity index (χ2n) is 6.25. The number of aryl methyl sites for hydroxylation is 2. The first kappa shape index (κ1) is 16.0. The number of rotatable bonds is 2. The summed E-state index contributed by atoms with van der Waals surface area (Å²) in [4.78, 5) is 12.3. The third-order valence-electron chi connectivity index (χ3n) is 4.35. The molecule has 1 N–H and O–H groups in total. The molecule has 2 heterocycles. The topological polar surface area (TPSA) is 46.9 Å². The number of carbonyl (C=O) groups is 1. The Morgan fingerprint density at radius 2 is 1.92 bits per heavy atom. The van der Waals surface area contributed by atoms with Gasteiger partial charge in [-0.15, -0.1) is 11.8 Å². The van der Waals surface area contributed by atoms with Gasteiger partial charge >= 0.3 is 0 Å². The number of fused-ring (bicyclic) bond motifs is 1. The number of thioether (sulfide) groups is 1. The van der Waals surface area contributed by atoms with Gasteiger partial charge in [-0.3, -0.25) is 4.79 Å². The van der Waals surface area contributed by atoms with E-state index < -0.39 is 0 Å². The lowest BCUT2D eigenvalue weighted by atomic mass is 10.0. The number of hydrogen-bond donors (Lipinski definition) is 1. The average Bonchev–Trinajstić information content (AvgIpc) is 2.82. The summed E-state index contributed by atoms with van der Waals surface area (Å²) >= 11 is 1.65. The molecule has 1 atom stereocenters. The molecule has 0 saturated carbocycles. The Morgan fingerprint density at radius 3 is 2.68 bits per heavy atom. The van der Waals surface area contributed by atoms with E-state index in [4.69, 9.17) is 5.10 Å². The summed E-state index contributed by atoms with van der Waals surface area (Å²) in [6.07, 6.45) is 0. The molecule has 25 heavy (non-hydrogen) atoms. The number of hydrogen-bond acceptors (Lipinski definition) is 3. The highest BCUT2D eigenvalue weighted by Gasteiger charge is 2.30. The molecule has 0 radical (unpaired) electrons. The number of aromatic nitrogens is 2. The van der Waals surface area contributed by atoms with E-state index in [1.54, 1.807) is 11.8 Å². The van der Waals surface area contributed by atoms with E-state index in [0.717, 1.165) is 22.8 Å². The highest BCUT2D eigenvalue weighted by atomic mass is 32.2. The van der Waals surface area contributed by atoms with Gasteiger partial charge in [0.15, 0.2) is 0 Å². The van der Waals surface area contributed by atoms with E-state index in [0.29, 0.717) is 5.75 Å². The number of para-hydroxylation sites is 1. The largest absolute Gasteiger partial charge is 0.310 e. The van der Waals surface area contributed by atoms with Crippen molar-refractivity contribution in [2.75, 3.05) is 11.1 Å². The molecule has 1 aliphatic rings. The summed E-state index contributed by atoms with van der Waals surface area (Å²) in [5, 5.41) is 7.88. The summed E-state index contributed by atoms with van der Waals surface area (Å²) in [6, 6.07) is 18.4. The maximum Gasteiger partial charge on any atom is 0.235 e. The van der Waals surface area contributed by atoms with Crippen molar-refractivity contribution in [1.29, 1.82) is 0 Å². The molecule has 1 aromatic heterocycles. The first-order valence-electron chi connectivity index (χ1n) is 8.26. The van der Waals surface area contributed by atoms with Crippen molar-refractivity contribution in [3.8, 4) is 5.69 Å². The average molecular weight is 349 g/mol. The molecule has 3 aromatic rings. The summed E-state index contributed by atoms with van der Waals surface area (Å²) < 4.78 is 1.84. The minimum atomic E-state index is 0.0125. The Kier molecular flexibility index (Phi) is 4.09. The van der Waals surface area contributed by atoms with Gasteiger partial charge in [0.05, 0.1) is 22.4 Å². The maximum absolute atomic E-state index is 12.3. The monoisotopic (exact) mass is 349 g/mol. The number of benzene rings is 2. The third-order valence-corrected chi connectivity index (χ3v) is 5.62.